The number of hydrogen-bond acceptors (Lipinski definition) is 5. The Morgan fingerprint density at radius 2 is 1.83 bits per heavy atom. The van der Waals surface area contributed by atoms with Crippen molar-refractivity contribution < 1.29 is 22.7 Å². The molecule has 0 saturated carbocycles. The van der Waals surface area contributed by atoms with E-state index in [1.807, 2.05) is 6.92 Å². The lowest BCUT2D eigenvalue weighted by molar-refractivity contribution is 0.0596. The highest BCUT2D eigenvalue weighted by atomic mass is 79.9. The third-order valence-electron chi connectivity index (χ3n) is 3.05. The van der Waals surface area contributed by atoms with E-state index in [-0.39, 0.29) is 10.5 Å². The number of halogens is 1. The second-order valence-electron chi connectivity index (χ2n) is 4.69. The zero-order valence-corrected chi connectivity index (χ0v) is 15.5. The minimum Gasteiger partial charge on any atom is -0.494 e. The number of esters is 1. The van der Waals surface area contributed by atoms with Crippen molar-refractivity contribution in [1.29, 1.82) is 0 Å². The zero-order valence-electron chi connectivity index (χ0n) is 13.1. The molecule has 128 valence electrons. The van der Waals surface area contributed by atoms with E-state index in [1.54, 1.807) is 30.3 Å². The first-order chi connectivity index (χ1) is 11.4. The summed E-state index contributed by atoms with van der Waals surface area (Å²) in [6.07, 6.45) is 0. The third-order valence-corrected chi connectivity index (χ3v) is 4.99. The Balaban J connectivity index is 2.35. The maximum Gasteiger partial charge on any atom is 0.339 e. The van der Waals surface area contributed by atoms with E-state index in [1.165, 1.54) is 19.2 Å². The Kier molecular flexibility index (Phi) is 5.84. The number of hydrogen-bond donors (Lipinski definition) is 1. The van der Waals surface area contributed by atoms with Gasteiger partial charge in [-0.15, -0.1) is 0 Å². The van der Waals surface area contributed by atoms with E-state index in [4.69, 9.17) is 4.74 Å². The van der Waals surface area contributed by atoms with E-state index < -0.39 is 16.0 Å². The predicted octanol–water partition coefficient (Wildman–Crippen LogP) is 3.44. The van der Waals surface area contributed by atoms with E-state index in [0.717, 1.165) is 0 Å². The summed E-state index contributed by atoms with van der Waals surface area (Å²) in [5.41, 5.74) is 0.308. The molecule has 24 heavy (non-hydrogen) atoms. The van der Waals surface area contributed by atoms with Crippen molar-refractivity contribution in [1.82, 2.24) is 0 Å². The van der Waals surface area contributed by atoms with Crippen molar-refractivity contribution in [3.63, 3.8) is 0 Å². The summed E-state index contributed by atoms with van der Waals surface area (Å²) < 4.78 is 38.2. The molecule has 0 saturated heterocycles. The molecule has 0 aliphatic carbocycles. The number of carbonyl (C=O) groups excluding carboxylic acids is 1. The second-order valence-corrected chi connectivity index (χ2v) is 7.26. The lowest BCUT2D eigenvalue weighted by atomic mass is 10.2. The summed E-state index contributed by atoms with van der Waals surface area (Å²) in [6.45, 7) is 2.38. The molecular formula is C16H16BrNO5S. The first-order valence-corrected chi connectivity index (χ1v) is 9.28. The van der Waals surface area contributed by atoms with Crippen molar-refractivity contribution in [3.05, 3.63) is 52.5 Å². The molecule has 0 spiro atoms. The van der Waals surface area contributed by atoms with Crippen LogP contribution in [0.3, 0.4) is 0 Å². The molecule has 2 aromatic rings. The summed E-state index contributed by atoms with van der Waals surface area (Å²) in [5.74, 6) is -0.0947. The summed E-state index contributed by atoms with van der Waals surface area (Å²) in [5, 5.41) is 0. The first-order valence-electron chi connectivity index (χ1n) is 7.01. The third kappa shape index (κ3) is 4.27. The molecule has 0 unspecified atom stereocenters. The van der Waals surface area contributed by atoms with Crippen LogP contribution in [0.25, 0.3) is 0 Å². The highest BCUT2D eigenvalue weighted by Gasteiger charge is 2.23. The fourth-order valence-electron chi connectivity index (χ4n) is 2.00. The number of rotatable bonds is 6. The van der Waals surface area contributed by atoms with Gasteiger partial charge in [-0.05, 0) is 49.4 Å². The number of ether oxygens (including phenoxy) is 2. The van der Waals surface area contributed by atoms with Gasteiger partial charge in [0.25, 0.3) is 10.0 Å². The van der Waals surface area contributed by atoms with Crippen molar-refractivity contribution in [2.24, 2.45) is 0 Å². The highest BCUT2D eigenvalue weighted by molar-refractivity contribution is 9.10. The molecule has 0 bridgehead atoms. The average molecular weight is 414 g/mol. The van der Waals surface area contributed by atoms with Crippen LogP contribution in [-0.2, 0) is 14.8 Å². The number of carbonyl (C=O) groups is 1. The molecule has 0 heterocycles. The van der Waals surface area contributed by atoms with Crippen LogP contribution in [0.4, 0.5) is 5.69 Å². The van der Waals surface area contributed by atoms with E-state index >= 15 is 0 Å². The van der Waals surface area contributed by atoms with Crippen molar-refractivity contribution in [2.45, 2.75) is 11.8 Å². The van der Waals surface area contributed by atoms with Crippen LogP contribution in [0.5, 0.6) is 5.75 Å². The molecule has 2 rings (SSSR count). The van der Waals surface area contributed by atoms with Gasteiger partial charge in [0, 0.05) is 10.2 Å². The van der Waals surface area contributed by atoms with Crippen molar-refractivity contribution in [2.75, 3.05) is 18.4 Å². The van der Waals surface area contributed by atoms with Crippen LogP contribution >= 0.6 is 15.9 Å². The second kappa shape index (κ2) is 7.67. The van der Waals surface area contributed by atoms with E-state index in [9.17, 15) is 13.2 Å². The lowest BCUT2D eigenvalue weighted by Crippen LogP contribution is -2.17. The number of anilines is 1. The maximum absolute atomic E-state index is 12.6. The molecule has 0 amide bonds. The average Bonchev–Trinajstić information content (AvgIpc) is 2.55. The van der Waals surface area contributed by atoms with Gasteiger partial charge >= 0.3 is 5.97 Å². The maximum atomic E-state index is 12.6. The zero-order chi connectivity index (χ0) is 17.7. The normalized spacial score (nSPS) is 11.0. The minimum absolute atomic E-state index is 0.0506. The molecule has 8 heteroatoms. The topological polar surface area (TPSA) is 81.7 Å². The summed E-state index contributed by atoms with van der Waals surface area (Å²) in [6, 6.07) is 10.8. The highest BCUT2D eigenvalue weighted by Crippen LogP contribution is 2.25. The standard InChI is InChI=1S/C16H16BrNO5S/c1-3-23-13-7-5-12(6-8-13)18-24(20,21)15-9-4-11(17)10-14(15)16(19)22-2/h4-10,18H,3H2,1-2H3. The van der Waals surface area contributed by atoms with Crippen molar-refractivity contribution >= 4 is 37.6 Å². The van der Waals surface area contributed by atoms with Gasteiger partial charge in [0.1, 0.15) is 10.6 Å². The number of nitrogens with one attached hydrogen (secondary N) is 1. The fourth-order valence-corrected chi connectivity index (χ4v) is 3.60. The Morgan fingerprint density at radius 3 is 2.42 bits per heavy atom. The molecule has 6 nitrogen and oxygen atoms in total. The summed E-state index contributed by atoms with van der Waals surface area (Å²) in [4.78, 5) is 11.7. The molecular weight excluding hydrogens is 398 g/mol. The van der Waals surface area contributed by atoms with Crippen molar-refractivity contribution in [3.8, 4) is 5.75 Å². The Bertz CT molecular complexity index is 834. The molecule has 0 radical (unpaired) electrons. The molecule has 0 atom stereocenters. The first kappa shape index (κ1) is 18.3. The van der Waals surface area contributed by atoms with E-state index in [0.29, 0.717) is 22.5 Å². The molecule has 0 aliphatic heterocycles. The van der Waals surface area contributed by atoms with Gasteiger partial charge in [0.15, 0.2) is 0 Å². The summed E-state index contributed by atoms with van der Waals surface area (Å²) in [7, 11) is -2.76. The number of benzene rings is 2. The number of methoxy groups -OCH3 is 1. The van der Waals surface area contributed by atoms with Gasteiger partial charge < -0.3 is 9.47 Å². The fraction of sp³-hybridized carbons (Fsp3) is 0.188. The van der Waals surface area contributed by atoms with Gasteiger partial charge in [-0.3, -0.25) is 4.72 Å². The number of sulfonamides is 1. The van der Waals surface area contributed by atoms with Gasteiger partial charge in [-0.25, -0.2) is 13.2 Å². The molecule has 0 aliphatic rings. The SMILES string of the molecule is CCOc1ccc(NS(=O)(=O)c2ccc(Br)cc2C(=O)OC)cc1. The molecule has 2 aromatic carbocycles. The molecule has 0 aromatic heterocycles. The van der Waals surface area contributed by atoms with Gasteiger partial charge in [-0.1, -0.05) is 15.9 Å². The molecule has 0 fully saturated rings. The Hall–Kier alpha value is -2.06. The Labute approximate surface area is 149 Å². The van der Waals surface area contributed by atoms with Crippen LogP contribution in [-0.4, -0.2) is 28.1 Å². The van der Waals surface area contributed by atoms with Crippen LogP contribution in [0.2, 0.25) is 0 Å². The quantitative estimate of drug-likeness (QED) is 0.733. The van der Waals surface area contributed by atoms with Gasteiger partial charge in [-0.2, -0.15) is 0 Å². The summed E-state index contributed by atoms with van der Waals surface area (Å²) >= 11 is 3.21. The minimum atomic E-state index is -3.95. The largest absolute Gasteiger partial charge is 0.494 e. The van der Waals surface area contributed by atoms with Crippen LogP contribution < -0.4 is 9.46 Å². The lowest BCUT2D eigenvalue weighted by Gasteiger charge is -2.12. The predicted molar refractivity (Wildman–Crippen MR) is 93.9 cm³/mol. The van der Waals surface area contributed by atoms with Crippen LogP contribution in [0.1, 0.15) is 17.3 Å². The molecule has 1 N–H and O–H groups in total. The Morgan fingerprint density at radius 1 is 1.17 bits per heavy atom. The monoisotopic (exact) mass is 413 g/mol. The van der Waals surface area contributed by atoms with Gasteiger partial charge in [0.2, 0.25) is 0 Å². The van der Waals surface area contributed by atoms with Gasteiger partial charge in [0.05, 0.1) is 19.3 Å². The van der Waals surface area contributed by atoms with Crippen LogP contribution in [0, 0.1) is 0 Å². The smallest absolute Gasteiger partial charge is 0.339 e. The van der Waals surface area contributed by atoms with E-state index in [2.05, 4.69) is 25.4 Å². The van der Waals surface area contributed by atoms with Crippen LogP contribution in [0.15, 0.2) is 51.8 Å².